The second kappa shape index (κ2) is 10.1. The average Bonchev–Trinajstić information content (AvgIpc) is 2.64. The first-order chi connectivity index (χ1) is 13.0. The van der Waals surface area contributed by atoms with E-state index in [0.29, 0.717) is 10.8 Å². The minimum absolute atomic E-state index is 0.186. The van der Waals surface area contributed by atoms with Gasteiger partial charge in [-0.05, 0) is 29.5 Å². The molecule has 0 unspecified atom stereocenters. The monoisotopic (exact) mass is 393 g/mol. The Balaban J connectivity index is 3.05. The third-order valence-electron chi connectivity index (χ3n) is 4.38. The summed E-state index contributed by atoms with van der Waals surface area (Å²) in [5, 5.41) is 12.9. The van der Waals surface area contributed by atoms with E-state index >= 15 is 0 Å². The van der Waals surface area contributed by atoms with Crippen LogP contribution in [0.5, 0.6) is 5.75 Å². The number of ether oxygens (including phenoxy) is 1. The summed E-state index contributed by atoms with van der Waals surface area (Å²) in [5.74, 6) is -0.679. The lowest BCUT2D eigenvalue weighted by Crippen LogP contribution is -2.55. The lowest BCUT2D eigenvalue weighted by atomic mass is 9.85. The topological polar surface area (TPSA) is 99.2 Å². The fourth-order valence-corrected chi connectivity index (χ4v) is 2.72. The Morgan fingerprint density at radius 2 is 1.79 bits per heavy atom. The van der Waals surface area contributed by atoms with E-state index in [1.165, 1.54) is 4.90 Å². The van der Waals surface area contributed by atoms with E-state index in [2.05, 4.69) is 5.32 Å². The van der Waals surface area contributed by atoms with Crippen LogP contribution in [-0.2, 0) is 20.8 Å². The van der Waals surface area contributed by atoms with Crippen molar-refractivity contribution in [2.24, 2.45) is 11.3 Å². The molecule has 8 heteroatoms. The summed E-state index contributed by atoms with van der Waals surface area (Å²) in [6.45, 7) is 5.40. The van der Waals surface area contributed by atoms with Crippen LogP contribution in [0, 0.1) is 11.3 Å². The van der Waals surface area contributed by atoms with Crippen molar-refractivity contribution in [1.29, 1.82) is 0 Å². The normalized spacial score (nSPS) is 13.2. The van der Waals surface area contributed by atoms with Crippen molar-refractivity contribution in [2.75, 3.05) is 27.7 Å². The van der Waals surface area contributed by atoms with Crippen LogP contribution in [-0.4, -0.2) is 67.2 Å². The summed E-state index contributed by atoms with van der Waals surface area (Å²) in [5.41, 5.74) is 0.331. The van der Waals surface area contributed by atoms with Crippen molar-refractivity contribution in [3.8, 4) is 5.75 Å². The van der Waals surface area contributed by atoms with Crippen molar-refractivity contribution in [1.82, 2.24) is 15.3 Å². The first-order valence-corrected chi connectivity index (χ1v) is 9.04. The maximum absolute atomic E-state index is 12.9. The molecule has 0 bridgehead atoms. The van der Waals surface area contributed by atoms with Gasteiger partial charge in [-0.1, -0.05) is 32.9 Å². The molecule has 156 valence electrons. The van der Waals surface area contributed by atoms with Crippen molar-refractivity contribution >= 4 is 18.2 Å². The number of carbonyl (C=O) groups is 3. The Hall–Kier alpha value is -2.61. The van der Waals surface area contributed by atoms with E-state index in [1.807, 2.05) is 32.9 Å². The van der Waals surface area contributed by atoms with Gasteiger partial charge in [-0.3, -0.25) is 19.6 Å². The SMILES string of the molecule is COc1ccc(C[C@H](CN(O)C=O)C(=O)N[C@H](C(=O)N(C)C)C(C)(C)C)cc1. The van der Waals surface area contributed by atoms with E-state index in [9.17, 15) is 19.6 Å². The molecule has 0 radical (unpaired) electrons. The summed E-state index contributed by atoms with van der Waals surface area (Å²) in [4.78, 5) is 37.8. The molecule has 2 atom stereocenters. The van der Waals surface area contributed by atoms with Crippen molar-refractivity contribution < 1.29 is 24.3 Å². The number of likely N-dealkylation sites (N-methyl/N-ethyl adjacent to an activating group) is 1. The molecule has 3 amide bonds. The van der Waals surface area contributed by atoms with Crippen molar-refractivity contribution in [3.63, 3.8) is 0 Å². The number of rotatable bonds is 9. The molecule has 0 spiro atoms. The van der Waals surface area contributed by atoms with Crippen LogP contribution in [0.3, 0.4) is 0 Å². The third kappa shape index (κ3) is 6.84. The summed E-state index contributed by atoms with van der Waals surface area (Å²) < 4.78 is 5.13. The lowest BCUT2D eigenvalue weighted by molar-refractivity contribution is -0.155. The van der Waals surface area contributed by atoms with Gasteiger partial charge in [-0.25, -0.2) is 5.06 Å². The Morgan fingerprint density at radius 1 is 1.21 bits per heavy atom. The van der Waals surface area contributed by atoms with Crippen LogP contribution < -0.4 is 10.1 Å². The minimum atomic E-state index is -0.739. The largest absolute Gasteiger partial charge is 0.497 e. The molecule has 8 nitrogen and oxygen atoms in total. The number of nitrogens with zero attached hydrogens (tertiary/aromatic N) is 2. The van der Waals surface area contributed by atoms with E-state index in [4.69, 9.17) is 4.74 Å². The average molecular weight is 393 g/mol. The highest BCUT2D eigenvalue weighted by molar-refractivity contribution is 5.89. The Morgan fingerprint density at radius 3 is 2.21 bits per heavy atom. The first-order valence-electron chi connectivity index (χ1n) is 9.04. The van der Waals surface area contributed by atoms with Crippen LogP contribution in [0.2, 0.25) is 0 Å². The number of carbonyl (C=O) groups excluding carboxylic acids is 3. The quantitative estimate of drug-likeness (QED) is 0.375. The van der Waals surface area contributed by atoms with E-state index < -0.39 is 23.3 Å². The predicted octanol–water partition coefficient (Wildman–Crippen LogP) is 1.32. The van der Waals surface area contributed by atoms with Gasteiger partial charge in [-0.2, -0.15) is 0 Å². The maximum atomic E-state index is 12.9. The standard InChI is InChI=1S/C20H31N3O5/c1-20(2,3)17(19(26)22(4)5)21-18(25)15(12-23(27)13-24)11-14-7-9-16(28-6)10-8-14/h7-10,13,15,17,27H,11-12H2,1-6H3,(H,21,25)/t15-,17-/m1/s1. The van der Waals surface area contributed by atoms with E-state index in [1.54, 1.807) is 33.3 Å². The van der Waals surface area contributed by atoms with Gasteiger partial charge in [0.2, 0.25) is 18.2 Å². The fraction of sp³-hybridized carbons (Fsp3) is 0.550. The van der Waals surface area contributed by atoms with Gasteiger partial charge in [0.15, 0.2) is 0 Å². The smallest absolute Gasteiger partial charge is 0.245 e. The molecule has 0 aromatic heterocycles. The van der Waals surface area contributed by atoms with E-state index in [-0.39, 0.29) is 25.3 Å². The molecule has 0 aliphatic rings. The molecule has 0 saturated carbocycles. The molecular weight excluding hydrogens is 362 g/mol. The Labute approximate surface area is 166 Å². The first kappa shape index (κ1) is 23.4. The minimum Gasteiger partial charge on any atom is -0.497 e. The molecule has 1 aromatic carbocycles. The highest BCUT2D eigenvalue weighted by Gasteiger charge is 2.35. The van der Waals surface area contributed by atoms with Gasteiger partial charge in [0.25, 0.3) is 0 Å². The zero-order valence-electron chi connectivity index (χ0n) is 17.4. The molecule has 1 rings (SSSR count). The molecule has 28 heavy (non-hydrogen) atoms. The van der Waals surface area contributed by atoms with E-state index in [0.717, 1.165) is 5.56 Å². The van der Waals surface area contributed by atoms with Gasteiger partial charge in [0.1, 0.15) is 11.8 Å². The van der Waals surface area contributed by atoms with Crippen molar-refractivity contribution in [3.05, 3.63) is 29.8 Å². The lowest BCUT2D eigenvalue weighted by Gasteiger charge is -2.33. The molecule has 0 fully saturated rings. The number of hydroxylamine groups is 2. The molecule has 2 N–H and O–H groups in total. The van der Waals surface area contributed by atoms with Crippen LogP contribution in [0.4, 0.5) is 0 Å². The van der Waals surface area contributed by atoms with Gasteiger partial charge < -0.3 is 15.0 Å². The number of methoxy groups -OCH3 is 1. The maximum Gasteiger partial charge on any atom is 0.245 e. The highest BCUT2D eigenvalue weighted by atomic mass is 16.5. The molecule has 0 saturated heterocycles. The summed E-state index contributed by atoms with van der Waals surface area (Å²) in [6, 6.07) is 6.43. The number of benzene rings is 1. The third-order valence-corrected chi connectivity index (χ3v) is 4.38. The van der Waals surface area contributed by atoms with Crippen LogP contribution >= 0.6 is 0 Å². The number of amides is 3. The van der Waals surface area contributed by atoms with Crippen LogP contribution in [0.15, 0.2) is 24.3 Å². The second-order valence-electron chi connectivity index (χ2n) is 8.02. The zero-order chi connectivity index (χ0) is 21.5. The zero-order valence-corrected chi connectivity index (χ0v) is 17.4. The summed E-state index contributed by atoms with van der Waals surface area (Å²) >= 11 is 0. The highest BCUT2D eigenvalue weighted by Crippen LogP contribution is 2.22. The van der Waals surface area contributed by atoms with Crippen molar-refractivity contribution in [2.45, 2.75) is 33.2 Å². The van der Waals surface area contributed by atoms with Gasteiger partial charge in [0, 0.05) is 14.1 Å². The fourth-order valence-electron chi connectivity index (χ4n) is 2.72. The number of nitrogens with one attached hydrogen (secondary N) is 1. The second-order valence-corrected chi connectivity index (χ2v) is 8.02. The van der Waals surface area contributed by atoms with Gasteiger partial charge in [-0.15, -0.1) is 0 Å². The molecule has 0 heterocycles. The predicted molar refractivity (Wildman–Crippen MR) is 105 cm³/mol. The number of hydrogen-bond donors (Lipinski definition) is 2. The molecule has 1 aromatic rings. The van der Waals surface area contributed by atoms with Crippen LogP contribution in [0.25, 0.3) is 0 Å². The van der Waals surface area contributed by atoms with Crippen LogP contribution in [0.1, 0.15) is 26.3 Å². The Kier molecular flexibility index (Phi) is 8.43. The van der Waals surface area contributed by atoms with Gasteiger partial charge in [0.05, 0.1) is 19.6 Å². The Bertz CT molecular complexity index is 667. The molecule has 0 aliphatic heterocycles. The molecular formula is C20H31N3O5. The molecule has 0 aliphatic carbocycles. The van der Waals surface area contributed by atoms with Gasteiger partial charge >= 0.3 is 0 Å². The summed E-state index contributed by atoms with van der Waals surface area (Å²) in [6.07, 6.45) is 0.536. The summed E-state index contributed by atoms with van der Waals surface area (Å²) in [7, 11) is 4.82. The number of hydrogen-bond acceptors (Lipinski definition) is 5.